The van der Waals surface area contributed by atoms with E-state index in [0.717, 1.165) is 0 Å². The Balaban J connectivity index is 2.73. The van der Waals surface area contributed by atoms with E-state index in [4.69, 9.17) is 5.26 Å². The molecule has 0 aliphatic rings. The SMILES string of the molecule is COC(=O)c1cccn1-c1c(C#N)ccc(Br)c1F. The van der Waals surface area contributed by atoms with Crippen molar-refractivity contribution in [2.24, 2.45) is 0 Å². The van der Waals surface area contributed by atoms with Crippen LogP contribution in [0.3, 0.4) is 0 Å². The summed E-state index contributed by atoms with van der Waals surface area (Å²) in [5.41, 5.74) is 0.292. The molecule has 0 atom stereocenters. The van der Waals surface area contributed by atoms with Crippen LogP contribution in [0, 0.1) is 17.1 Å². The highest BCUT2D eigenvalue weighted by atomic mass is 79.9. The summed E-state index contributed by atoms with van der Waals surface area (Å²) in [5.74, 6) is -1.21. The number of benzene rings is 1. The first-order valence-electron chi connectivity index (χ1n) is 5.24. The molecule has 0 aliphatic carbocycles. The number of hydrogen-bond acceptors (Lipinski definition) is 3. The van der Waals surface area contributed by atoms with Gasteiger partial charge in [0.05, 0.1) is 17.1 Å². The van der Waals surface area contributed by atoms with Gasteiger partial charge in [0.15, 0.2) is 5.82 Å². The molecular weight excluding hydrogens is 315 g/mol. The van der Waals surface area contributed by atoms with E-state index in [1.54, 1.807) is 6.07 Å². The number of methoxy groups -OCH3 is 1. The molecule has 0 aliphatic heterocycles. The van der Waals surface area contributed by atoms with Gasteiger partial charge in [-0.15, -0.1) is 0 Å². The Bertz CT molecular complexity index is 688. The van der Waals surface area contributed by atoms with E-state index < -0.39 is 11.8 Å². The van der Waals surface area contributed by atoms with Crippen LogP contribution in [-0.2, 0) is 4.74 Å². The Morgan fingerprint density at radius 1 is 1.47 bits per heavy atom. The van der Waals surface area contributed by atoms with Crippen molar-refractivity contribution in [3.63, 3.8) is 0 Å². The molecule has 6 heteroatoms. The molecule has 0 saturated heterocycles. The third-order valence-corrected chi connectivity index (χ3v) is 3.19. The highest BCUT2D eigenvalue weighted by molar-refractivity contribution is 9.10. The van der Waals surface area contributed by atoms with Crippen LogP contribution >= 0.6 is 15.9 Å². The Labute approximate surface area is 117 Å². The number of carbonyl (C=O) groups excluding carboxylic acids is 1. The molecule has 19 heavy (non-hydrogen) atoms. The molecular formula is C13H8BrFN2O2. The van der Waals surface area contributed by atoms with Gasteiger partial charge in [0.25, 0.3) is 0 Å². The first-order valence-corrected chi connectivity index (χ1v) is 6.03. The monoisotopic (exact) mass is 322 g/mol. The number of halogens is 2. The summed E-state index contributed by atoms with van der Waals surface area (Å²) in [7, 11) is 1.24. The van der Waals surface area contributed by atoms with Gasteiger partial charge >= 0.3 is 5.97 Å². The Morgan fingerprint density at radius 3 is 2.84 bits per heavy atom. The van der Waals surface area contributed by atoms with E-state index in [9.17, 15) is 9.18 Å². The van der Waals surface area contributed by atoms with Crippen LogP contribution in [0.15, 0.2) is 34.9 Å². The average Bonchev–Trinajstić information content (AvgIpc) is 2.89. The van der Waals surface area contributed by atoms with Gasteiger partial charge in [-0.3, -0.25) is 0 Å². The minimum atomic E-state index is -0.611. The van der Waals surface area contributed by atoms with E-state index in [-0.39, 0.29) is 21.4 Å². The van der Waals surface area contributed by atoms with Crippen molar-refractivity contribution in [2.75, 3.05) is 7.11 Å². The first-order chi connectivity index (χ1) is 9.10. The van der Waals surface area contributed by atoms with Crippen LogP contribution in [0.1, 0.15) is 16.1 Å². The zero-order valence-corrected chi connectivity index (χ0v) is 11.4. The topological polar surface area (TPSA) is 55.0 Å². The zero-order chi connectivity index (χ0) is 14.0. The molecule has 0 fully saturated rings. The molecule has 1 aromatic heterocycles. The minimum absolute atomic E-state index is 0.0160. The number of aromatic nitrogens is 1. The number of esters is 1. The maximum Gasteiger partial charge on any atom is 0.355 e. The average molecular weight is 323 g/mol. The lowest BCUT2D eigenvalue weighted by Crippen LogP contribution is -2.11. The van der Waals surface area contributed by atoms with E-state index in [0.29, 0.717) is 0 Å². The van der Waals surface area contributed by atoms with Crippen molar-refractivity contribution in [1.29, 1.82) is 5.26 Å². The summed E-state index contributed by atoms with van der Waals surface area (Å²) in [6.45, 7) is 0. The highest BCUT2D eigenvalue weighted by Gasteiger charge is 2.19. The molecule has 0 unspecified atom stereocenters. The molecule has 0 N–H and O–H groups in total. The Kier molecular flexibility index (Phi) is 3.67. The van der Waals surface area contributed by atoms with E-state index in [2.05, 4.69) is 20.7 Å². The summed E-state index contributed by atoms with van der Waals surface area (Å²) in [5, 5.41) is 9.06. The normalized spacial score (nSPS) is 10.0. The molecule has 2 rings (SSSR count). The number of nitrogens with zero attached hydrogens (tertiary/aromatic N) is 2. The molecule has 96 valence electrons. The highest BCUT2D eigenvalue weighted by Crippen LogP contribution is 2.27. The van der Waals surface area contributed by atoms with Crippen LogP contribution in [0.4, 0.5) is 4.39 Å². The molecule has 1 heterocycles. The predicted molar refractivity (Wildman–Crippen MR) is 69.5 cm³/mol. The van der Waals surface area contributed by atoms with Gasteiger partial charge in [0.2, 0.25) is 0 Å². The number of carbonyl (C=O) groups is 1. The molecule has 2 aromatic rings. The summed E-state index contributed by atoms with van der Waals surface area (Å²) in [6.07, 6.45) is 1.50. The molecule has 0 amide bonds. The van der Waals surface area contributed by atoms with Gasteiger partial charge in [-0.1, -0.05) is 0 Å². The number of ether oxygens (including phenoxy) is 1. The third-order valence-electron chi connectivity index (χ3n) is 2.57. The van der Waals surface area contributed by atoms with Crippen molar-refractivity contribution < 1.29 is 13.9 Å². The lowest BCUT2D eigenvalue weighted by molar-refractivity contribution is 0.0591. The maximum atomic E-state index is 14.2. The van der Waals surface area contributed by atoms with Gasteiger partial charge in [-0.05, 0) is 40.2 Å². The number of nitriles is 1. The molecule has 1 aromatic carbocycles. The van der Waals surface area contributed by atoms with Crippen molar-refractivity contribution >= 4 is 21.9 Å². The van der Waals surface area contributed by atoms with E-state index >= 15 is 0 Å². The van der Waals surface area contributed by atoms with Crippen LogP contribution in [-0.4, -0.2) is 17.6 Å². The van der Waals surface area contributed by atoms with E-state index in [1.165, 1.54) is 36.1 Å². The van der Waals surface area contributed by atoms with Crippen molar-refractivity contribution in [2.45, 2.75) is 0 Å². The Hall–Kier alpha value is -2.13. The molecule has 4 nitrogen and oxygen atoms in total. The van der Waals surface area contributed by atoms with Gasteiger partial charge < -0.3 is 9.30 Å². The standard InChI is InChI=1S/C13H8BrFN2O2/c1-19-13(18)10-3-2-6-17(10)12-8(7-16)4-5-9(14)11(12)15/h2-6H,1H3. The van der Waals surface area contributed by atoms with Gasteiger partial charge in [0, 0.05) is 6.20 Å². The number of rotatable bonds is 2. The predicted octanol–water partition coefficient (Wildman–Crippen LogP) is 3.04. The van der Waals surface area contributed by atoms with Gasteiger partial charge in [-0.2, -0.15) is 5.26 Å². The first kappa shape index (κ1) is 13.3. The third kappa shape index (κ3) is 2.25. The fraction of sp³-hybridized carbons (Fsp3) is 0.0769. The van der Waals surface area contributed by atoms with Crippen LogP contribution < -0.4 is 0 Å². The summed E-state index contributed by atoms with van der Waals surface area (Å²) in [6, 6.07) is 7.89. The Morgan fingerprint density at radius 2 is 2.21 bits per heavy atom. The fourth-order valence-corrected chi connectivity index (χ4v) is 2.03. The van der Waals surface area contributed by atoms with Gasteiger partial charge in [0.1, 0.15) is 17.5 Å². The molecule has 0 bridgehead atoms. The molecule has 0 radical (unpaired) electrons. The largest absolute Gasteiger partial charge is 0.464 e. The van der Waals surface area contributed by atoms with Crippen LogP contribution in [0.2, 0.25) is 0 Å². The van der Waals surface area contributed by atoms with Crippen molar-refractivity contribution in [1.82, 2.24) is 4.57 Å². The second kappa shape index (κ2) is 5.24. The smallest absolute Gasteiger partial charge is 0.355 e. The fourth-order valence-electron chi connectivity index (χ4n) is 1.71. The minimum Gasteiger partial charge on any atom is -0.464 e. The molecule has 0 saturated carbocycles. The van der Waals surface area contributed by atoms with E-state index in [1.807, 2.05) is 6.07 Å². The maximum absolute atomic E-state index is 14.2. The van der Waals surface area contributed by atoms with Crippen LogP contribution in [0.25, 0.3) is 5.69 Å². The lowest BCUT2D eigenvalue weighted by Gasteiger charge is -2.11. The number of hydrogen-bond donors (Lipinski definition) is 0. The van der Waals surface area contributed by atoms with Crippen molar-refractivity contribution in [3.8, 4) is 11.8 Å². The summed E-state index contributed by atoms with van der Waals surface area (Å²) in [4.78, 5) is 11.6. The quantitative estimate of drug-likeness (QED) is 0.798. The molecule has 0 spiro atoms. The lowest BCUT2D eigenvalue weighted by atomic mass is 10.2. The second-order valence-electron chi connectivity index (χ2n) is 3.62. The second-order valence-corrected chi connectivity index (χ2v) is 4.48. The summed E-state index contributed by atoms with van der Waals surface area (Å²) >= 11 is 3.06. The van der Waals surface area contributed by atoms with Crippen LogP contribution in [0.5, 0.6) is 0 Å². The summed E-state index contributed by atoms with van der Waals surface area (Å²) < 4.78 is 20.3. The van der Waals surface area contributed by atoms with Gasteiger partial charge in [-0.25, -0.2) is 9.18 Å². The van der Waals surface area contributed by atoms with Crippen molar-refractivity contribution in [3.05, 3.63) is 52.0 Å². The zero-order valence-electron chi connectivity index (χ0n) is 9.85.